The van der Waals surface area contributed by atoms with E-state index in [2.05, 4.69) is 27.8 Å². The molecule has 0 saturated carbocycles. The van der Waals surface area contributed by atoms with Crippen molar-refractivity contribution < 1.29 is 14.6 Å². The molecule has 2 N–H and O–H groups in total. The maximum Gasteiger partial charge on any atom is 0.162 e. The first-order chi connectivity index (χ1) is 9.52. The van der Waals surface area contributed by atoms with Gasteiger partial charge in [-0.25, -0.2) is 0 Å². The van der Waals surface area contributed by atoms with Gasteiger partial charge >= 0.3 is 0 Å². The average molecular weight is 344 g/mol. The van der Waals surface area contributed by atoms with Gasteiger partial charge in [0, 0.05) is 17.1 Å². The van der Waals surface area contributed by atoms with Crippen molar-refractivity contribution >= 4 is 15.9 Å². The number of aliphatic hydroxyl groups is 1. The highest BCUT2D eigenvalue weighted by Crippen LogP contribution is 2.30. The summed E-state index contributed by atoms with van der Waals surface area (Å²) in [6, 6.07) is 5.85. The Hall–Kier alpha value is -1.04. The fraction of sp³-hybridized carbons (Fsp3) is 0.467. The number of ether oxygens (including phenoxy) is 2. The molecule has 0 fully saturated rings. The predicted octanol–water partition coefficient (Wildman–Crippen LogP) is 2.75. The van der Waals surface area contributed by atoms with Crippen LogP contribution in [0.25, 0.3) is 0 Å². The van der Waals surface area contributed by atoms with E-state index in [1.165, 1.54) is 0 Å². The summed E-state index contributed by atoms with van der Waals surface area (Å²) in [6.45, 7) is 8.80. The first-order valence-corrected chi connectivity index (χ1v) is 7.39. The summed E-state index contributed by atoms with van der Waals surface area (Å²) < 4.78 is 12.0. The molecule has 0 aliphatic carbocycles. The van der Waals surface area contributed by atoms with Gasteiger partial charge in [-0.2, -0.15) is 0 Å². The van der Waals surface area contributed by atoms with E-state index in [1.807, 2.05) is 32.0 Å². The lowest BCUT2D eigenvalue weighted by Gasteiger charge is -2.17. The van der Waals surface area contributed by atoms with Crippen molar-refractivity contribution in [1.82, 2.24) is 5.32 Å². The van der Waals surface area contributed by atoms with E-state index >= 15 is 0 Å². The van der Waals surface area contributed by atoms with Gasteiger partial charge in [-0.15, -0.1) is 0 Å². The number of aliphatic hydroxyl groups excluding tert-OH is 1. The van der Waals surface area contributed by atoms with Crippen molar-refractivity contribution in [2.75, 3.05) is 19.8 Å². The minimum absolute atomic E-state index is 0.214. The minimum Gasteiger partial charge on any atom is -0.487 e. The van der Waals surface area contributed by atoms with Crippen LogP contribution in [0.15, 0.2) is 35.3 Å². The van der Waals surface area contributed by atoms with E-state index in [0.717, 1.165) is 4.47 Å². The highest BCUT2D eigenvalue weighted by Gasteiger charge is 2.10. The third-order valence-electron chi connectivity index (χ3n) is 2.46. The molecule has 0 spiro atoms. The second-order valence-electron chi connectivity index (χ2n) is 4.72. The topological polar surface area (TPSA) is 50.7 Å². The van der Waals surface area contributed by atoms with Crippen LogP contribution < -0.4 is 14.8 Å². The molecule has 0 radical (unpaired) electrons. The lowest BCUT2D eigenvalue weighted by atomic mass is 10.3. The smallest absolute Gasteiger partial charge is 0.162 e. The van der Waals surface area contributed by atoms with Crippen molar-refractivity contribution in [3.05, 3.63) is 35.3 Å². The molecule has 0 aliphatic rings. The Morgan fingerprint density at radius 2 is 2.10 bits per heavy atom. The summed E-state index contributed by atoms with van der Waals surface area (Å²) >= 11 is 3.39. The summed E-state index contributed by atoms with van der Waals surface area (Å²) in [5.74, 6) is 1.24. The second kappa shape index (κ2) is 9.00. The Morgan fingerprint density at radius 3 is 2.75 bits per heavy atom. The molecule has 0 saturated heterocycles. The van der Waals surface area contributed by atoms with Gasteiger partial charge in [0.15, 0.2) is 11.5 Å². The first kappa shape index (κ1) is 17.0. The monoisotopic (exact) mass is 343 g/mol. The van der Waals surface area contributed by atoms with Gasteiger partial charge < -0.3 is 19.9 Å². The summed E-state index contributed by atoms with van der Waals surface area (Å²) in [7, 11) is 0. The Bertz CT molecular complexity index is 424. The van der Waals surface area contributed by atoms with Crippen LogP contribution in [-0.4, -0.2) is 37.0 Å². The van der Waals surface area contributed by atoms with Crippen molar-refractivity contribution in [1.29, 1.82) is 0 Å². The van der Waals surface area contributed by atoms with Gasteiger partial charge in [-0.05, 0) is 18.2 Å². The van der Waals surface area contributed by atoms with E-state index in [9.17, 15) is 5.11 Å². The normalized spacial score (nSPS) is 12.2. The van der Waals surface area contributed by atoms with E-state index < -0.39 is 6.10 Å². The highest BCUT2D eigenvalue weighted by molar-refractivity contribution is 9.10. The summed E-state index contributed by atoms with van der Waals surface area (Å²) in [6.07, 6.45) is 1.11. The molecule has 112 valence electrons. The third kappa shape index (κ3) is 6.41. The summed E-state index contributed by atoms with van der Waals surface area (Å²) in [4.78, 5) is 0. The van der Waals surface area contributed by atoms with E-state index in [1.54, 1.807) is 6.08 Å². The number of rotatable bonds is 9. The molecule has 1 aromatic carbocycles. The van der Waals surface area contributed by atoms with Crippen molar-refractivity contribution in [3.8, 4) is 11.5 Å². The van der Waals surface area contributed by atoms with Gasteiger partial charge in [0.2, 0.25) is 0 Å². The van der Waals surface area contributed by atoms with Crippen molar-refractivity contribution in [2.45, 2.75) is 26.0 Å². The van der Waals surface area contributed by atoms with Crippen LogP contribution in [0.4, 0.5) is 0 Å². The maximum atomic E-state index is 9.83. The zero-order chi connectivity index (χ0) is 15.0. The Labute approximate surface area is 128 Å². The number of hydrogen-bond acceptors (Lipinski definition) is 4. The summed E-state index contributed by atoms with van der Waals surface area (Å²) in [5.41, 5.74) is 0. The van der Waals surface area contributed by atoms with Crippen LogP contribution in [-0.2, 0) is 0 Å². The van der Waals surface area contributed by atoms with Crippen LogP contribution in [0.2, 0.25) is 0 Å². The maximum absolute atomic E-state index is 9.83. The van der Waals surface area contributed by atoms with Gasteiger partial charge in [-0.1, -0.05) is 42.4 Å². The number of benzene rings is 1. The van der Waals surface area contributed by atoms with E-state index in [4.69, 9.17) is 9.47 Å². The summed E-state index contributed by atoms with van der Waals surface area (Å²) in [5, 5.41) is 13.0. The Morgan fingerprint density at radius 1 is 1.35 bits per heavy atom. The largest absolute Gasteiger partial charge is 0.487 e. The number of nitrogens with one attached hydrogen (secondary N) is 1. The Kier molecular flexibility index (Phi) is 7.65. The Balaban J connectivity index is 2.55. The van der Waals surface area contributed by atoms with Crippen LogP contribution in [0.3, 0.4) is 0 Å². The van der Waals surface area contributed by atoms with Gasteiger partial charge in [0.05, 0.1) is 0 Å². The molecule has 1 atom stereocenters. The molecule has 0 heterocycles. The minimum atomic E-state index is -0.562. The fourth-order valence-corrected chi connectivity index (χ4v) is 1.82. The van der Waals surface area contributed by atoms with E-state index in [-0.39, 0.29) is 6.61 Å². The second-order valence-corrected chi connectivity index (χ2v) is 5.63. The number of hydrogen-bond donors (Lipinski definition) is 2. The van der Waals surface area contributed by atoms with Crippen molar-refractivity contribution in [3.63, 3.8) is 0 Å². The molecule has 0 aliphatic heterocycles. The number of halogens is 1. The lowest BCUT2D eigenvalue weighted by molar-refractivity contribution is 0.102. The molecular formula is C15H22BrNO3. The van der Waals surface area contributed by atoms with Crippen LogP contribution in [0, 0.1) is 0 Å². The van der Waals surface area contributed by atoms with E-state index in [0.29, 0.717) is 30.7 Å². The van der Waals surface area contributed by atoms with Gasteiger partial charge in [-0.3, -0.25) is 0 Å². The molecule has 0 bridgehead atoms. The highest BCUT2D eigenvalue weighted by atomic mass is 79.9. The van der Waals surface area contributed by atoms with Crippen LogP contribution in [0.5, 0.6) is 11.5 Å². The molecule has 1 aromatic rings. The molecule has 0 amide bonds. The average Bonchev–Trinajstić information content (AvgIpc) is 2.41. The van der Waals surface area contributed by atoms with Crippen LogP contribution in [0.1, 0.15) is 13.8 Å². The SMILES string of the molecule is C=CCOc1cc(Br)ccc1OC[C@@H](O)CNC(C)C. The molecular weight excluding hydrogens is 322 g/mol. The predicted molar refractivity (Wildman–Crippen MR) is 84.5 cm³/mol. The van der Waals surface area contributed by atoms with Gasteiger partial charge in [0.1, 0.15) is 19.3 Å². The quantitative estimate of drug-likeness (QED) is 0.677. The zero-order valence-electron chi connectivity index (χ0n) is 11.9. The third-order valence-corrected chi connectivity index (χ3v) is 2.95. The van der Waals surface area contributed by atoms with Gasteiger partial charge in [0.25, 0.3) is 0 Å². The lowest BCUT2D eigenvalue weighted by Crippen LogP contribution is -2.35. The first-order valence-electron chi connectivity index (χ1n) is 6.60. The zero-order valence-corrected chi connectivity index (χ0v) is 13.5. The molecule has 0 aromatic heterocycles. The molecule has 1 rings (SSSR count). The standard InChI is InChI=1S/C15H22BrNO3/c1-4-7-19-15-8-12(16)5-6-14(15)20-10-13(18)9-17-11(2)3/h4-6,8,11,13,17-18H,1,7,9-10H2,2-3H3/t13-/m0/s1. The molecule has 5 heteroatoms. The molecule has 4 nitrogen and oxygen atoms in total. The van der Waals surface area contributed by atoms with Crippen LogP contribution >= 0.6 is 15.9 Å². The fourth-order valence-electron chi connectivity index (χ4n) is 1.48. The molecule has 20 heavy (non-hydrogen) atoms. The van der Waals surface area contributed by atoms with Crippen molar-refractivity contribution in [2.24, 2.45) is 0 Å². The molecule has 0 unspecified atom stereocenters.